The second kappa shape index (κ2) is 9.40. The van der Waals surface area contributed by atoms with Crippen LogP contribution in [0, 0.1) is 0 Å². The van der Waals surface area contributed by atoms with Crippen molar-refractivity contribution >= 4 is 27.5 Å². The summed E-state index contributed by atoms with van der Waals surface area (Å²) in [6.45, 7) is 0.815. The van der Waals surface area contributed by atoms with Crippen molar-refractivity contribution in [2.24, 2.45) is 4.40 Å². The van der Waals surface area contributed by atoms with Gasteiger partial charge in [-0.2, -0.15) is 8.42 Å². The van der Waals surface area contributed by atoms with E-state index in [1.807, 2.05) is 54.4 Å². The molecular weight excluding hydrogens is 424 g/mol. The van der Waals surface area contributed by atoms with E-state index in [9.17, 15) is 13.2 Å². The Morgan fingerprint density at radius 2 is 1.81 bits per heavy atom. The van der Waals surface area contributed by atoms with Crippen molar-refractivity contribution in [2.75, 3.05) is 18.9 Å². The number of likely N-dealkylation sites (tertiary alicyclic amines) is 1. The molecule has 4 rings (SSSR count). The quantitative estimate of drug-likeness (QED) is 0.567. The van der Waals surface area contributed by atoms with Gasteiger partial charge in [-0.25, -0.2) is 0 Å². The summed E-state index contributed by atoms with van der Waals surface area (Å²) in [6, 6.07) is 20.1. The van der Waals surface area contributed by atoms with Crippen LogP contribution in [0.3, 0.4) is 0 Å². The van der Waals surface area contributed by atoms with Crippen LogP contribution in [0.25, 0.3) is 11.3 Å². The molecule has 0 bridgehead atoms. The lowest BCUT2D eigenvalue weighted by Crippen LogP contribution is -2.20. The molecule has 0 aliphatic carbocycles. The fourth-order valence-electron chi connectivity index (χ4n) is 3.66. The van der Waals surface area contributed by atoms with E-state index >= 15 is 0 Å². The van der Waals surface area contributed by atoms with Crippen molar-refractivity contribution < 1.29 is 13.2 Å². The van der Waals surface area contributed by atoms with Gasteiger partial charge in [0.2, 0.25) is 5.91 Å². The minimum atomic E-state index is -3.76. The number of aromatic amines is 1. The Morgan fingerprint density at radius 3 is 2.50 bits per heavy atom. The Morgan fingerprint density at radius 1 is 1.06 bits per heavy atom. The van der Waals surface area contributed by atoms with Gasteiger partial charge in [0.05, 0.1) is 4.90 Å². The maximum Gasteiger partial charge on any atom is 0.283 e. The Hall–Kier alpha value is -3.39. The Kier molecular flexibility index (Phi) is 6.41. The number of sulfonamides is 1. The number of hydrogen-bond acceptors (Lipinski definition) is 3. The zero-order valence-corrected chi connectivity index (χ0v) is 18.7. The van der Waals surface area contributed by atoms with Crippen LogP contribution in [-0.4, -0.2) is 43.6 Å². The molecule has 0 unspecified atom stereocenters. The number of carbonyl (C=O) groups is 1. The fourth-order valence-corrected chi connectivity index (χ4v) is 4.75. The summed E-state index contributed by atoms with van der Waals surface area (Å²) in [6.07, 6.45) is 2.47. The van der Waals surface area contributed by atoms with Crippen LogP contribution >= 0.6 is 0 Å². The summed E-state index contributed by atoms with van der Waals surface area (Å²) < 4.78 is 29.0. The number of amidine groups is 1. The number of benzene rings is 2. The molecule has 1 aliphatic heterocycles. The van der Waals surface area contributed by atoms with Crippen LogP contribution in [0.2, 0.25) is 0 Å². The van der Waals surface area contributed by atoms with E-state index in [2.05, 4.69) is 14.7 Å². The maximum absolute atomic E-state index is 12.5. The molecule has 1 aliphatic rings. The summed E-state index contributed by atoms with van der Waals surface area (Å²) >= 11 is 0. The van der Waals surface area contributed by atoms with Gasteiger partial charge in [0.1, 0.15) is 5.84 Å². The van der Waals surface area contributed by atoms with E-state index in [0.29, 0.717) is 30.8 Å². The molecule has 166 valence electrons. The fraction of sp³-hybridized carbons (Fsp3) is 0.250. The molecule has 2 N–H and O–H groups in total. The highest BCUT2D eigenvalue weighted by Gasteiger charge is 2.20. The van der Waals surface area contributed by atoms with E-state index < -0.39 is 10.0 Å². The second-order valence-electron chi connectivity index (χ2n) is 7.84. The van der Waals surface area contributed by atoms with Crippen LogP contribution in [0.4, 0.5) is 5.69 Å². The highest BCUT2D eigenvalue weighted by molar-refractivity contribution is 7.90. The predicted octanol–water partition coefficient (Wildman–Crippen LogP) is 4.07. The number of anilines is 1. The minimum absolute atomic E-state index is 0.114. The summed E-state index contributed by atoms with van der Waals surface area (Å²) in [4.78, 5) is 17.7. The molecule has 32 heavy (non-hydrogen) atoms. The molecule has 7 nitrogen and oxygen atoms in total. The molecular formula is C24H26N4O3S. The zero-order chi connectivity index (χ0) is 22.6. The van der Waals surface area contributed by atoms with Gasteiger partial charge >= 0.3 is 0 Å². The summed E-state index contributed by atoms with van der Waals surface area (Å²) in [5.41, 5.74) is 3.65. The average molecular weight is 451 g/mol. The number of aryl methyl sites for hydroxylation is 1. The molecule has 1 fully saturated rings. The Balaban J connectivity index is 1.33. The van der Waals surface area contributed by atoms with Gasteiger partial charge < -0.3 is 15.2 Å². The lowest BCUT2D eigenvalue weighted by atomic mass is 10.2. The van der Waals surface area contributed by atoms with E-state index in [4.69, 9.17) is 0 Å². The number of nitrogens with one attached hydrogen (secondary N) is 2. The molecule has 0 radical (unpaired) electrons. The zero-order valence-electron chi connectivity index (χ0n) is 17.9. The number of amides is 1. The van der Waals surface area contributed by atoms with Crippen molar-refractivity contribution in [1.29, 1.82) is 0 Å². The summed E-state index contributed by atoms with van der Waals surface area (Å²) in [5, 5.41) is 2.82. The molecule has 2 aromatic carbocycles. The first-order valence-electron chi connectivity index (χ1n) is 10.6. The number of nitrogens with zero attached hydrogens (tertiary/aromatic N) is 2. The van der Waals surface area contributed by atoms with Crippen LogP contribution in [0.5, 0.6) is 0 Å². The standard InChI is InChI=1S/C24H26N4O3S/c1-28-17-5-8-23(28)27-32(30,31)21-13-9-20(10-14-21)26-24(29)16-12-19-11-15-22(25-19)18-6-3-2-4-7-18/h2-4,6-7,9-11,13-15,25H,5,8,12,16-17H2,1H3,(H,26,29)/b27-23+. The predicted molar refractivity (Wildman–Crippen MR) is 126 cm³/mol. The lowest BCUT2D eigenvalue weighted by Gasteiger charge is -2.11. The molecule has 0 atom stereocenters. The molecule has 1 aromatic heterocycles. The van der Waals surface area contributed by atoms with Crippen molar-refractivity contribution in [2.45, 2.75) is 30.6 Å². The summed E-state index contributed by atoms with van der Waals surface area (Å²) in [7, 11) is -1.92. The SMILES string of the molecule is CN1CCC/C1=N\S(=O)(=O)c1ccc(NC(=O)CCc2ccc(-c3ccccc3)[nH]2)cc1. The van der Waals surface area contributed by atoms with Crippen molar-refractivity contribution in [3.63, 3.8) is 0 Å². The van der Waals surface area contributed by atoms with Crippen LogP contribution in [0.15, 0.2) is 76.0 Å². The van der Waals surface area contributed by atoms with Crippen LogP contribution in [-0.2, 0) is 21.2 Å². The van der Waals surface area contributed by atoms with Gasteiger partial charge in [0, 0.05) is 43.5 Å². The van der Waals surface area contributed by atoms with E-state index in [1.54, 1.807) is 12.1 Å². The van der Waals surface area contributed by atoms with Gasteiger partial charge in [-0.3, -0.25) is 4.79 Å². The number of aromatic nitrogens is 1. The van der Waals surface area contributed by atoms with Gasteiger partial charge in [0.25, 0.3) is 10.0 Å². The number of H-pyrrole nitrogens is 1. The molecule has 0 spiro atoms. The third kappa shape index (κ3) is 5.26. The average Bonchev–Trinajstić information content (AvgIpc) is 3.42. The van der Waals surface area contributed by atoms with E-state index in [1.165, 1.54) is 12.1 Å². The highest BCUT2D eigenvalue weighted by Crippen LogP contribution is 2.20. The van der Waals surface area contributed by atoms with Gasteiger partial charge in [-0.15, -0.1) is 4.40 Å². The van der Waals surface area contributed by atoms with Crippen molar-refractivity contribution in [1.82, 2.24) is 9.88 Å². The molecule has 1 amide bonds. The van der Waals surface area contributed by atoms with Gasteiger partial charge in [0.15, 0.2) is 0 Å². The van der Waals surface area contributed by atoms with Crippen molar-refractivity contribution in [3.05, 3.63) is 72.4 Å². The normalized spacial score (nSPS) is 15.3. The monoisotopic (exact) mass is 450 g/mol. The molecule has 1 saturated heterocycles. The smallest absolute Gasteiger partial charge is 0.283 e. The molecule has 0 saturated carbocycles. The van der Waals surface area contributed by atoms with Gasteiger partial charge in [-0.1, -0.05) is 30.3 Å². The number of hydrogen-bond donors (Lipinski definition) is 2. The Bertz CT molecular complexity index is 1220. The Labute approximate surface area is 188 Å². The van der Waals surface area contributed by atoms with Crippen LogP contribution in [0.1, 0.15) is 25.0 Å². The third-order valence-corrected chi connectivity index (χ3v) is 6.77. The van der Waals surface area contributed by atoms with Gasteiger partial charge in [-0.05, 0) is 54.8 Å². The molecule has 3 aromatic rings. The van der Waals surface area contributed by atoms with Crippen molar-refractivity contribution in [3.8, 4) is 11.3 Å². The second-order valence-corrected chi connectivity index (χ2v) is 9.45. The third-order valence-electron chi connectivity index (χ3n) is 5.45. The number of carbonyl (C=O) groups excluding carboxylic acids is 1. The minimum Gasteiger partial charge on any atom is -0.362 e. The lowest BCUT2D eigenvalue weighted by molar-refractivity contribution is -0.116. The highest BCUT2D eigenvalue weighted by atomic mass is 32.2. The first kappa shape index (κ1) is 21.8. The largest absolute Gasteiger partial charge is 0.362 e. The van der Waals surface area contributed by atoms with E-state index in [0.717, 1.165) is 29.9 Å². The first-order chi connectivity index (χ1) is 15.4. The first-order valence-corrected chi connectivity index (χ1v) is 12.0. The van der Waals surface area contributed by atoms with Crippen LogP contribution < -0.4 is 5.32 Å². The molecule has 8 heteroatoms. The molecule has 2 heterocycles. The summed E-state index contributed by atoms with van der Waals surface area (Å²) in [5.74, 6) is 0.450. The van der Waals surface area contributed by atoms with E-state index in [-0.39, 0.29) is 10.8 Å². The number of rotatable bonds is 7. The topological polar surface area (TPSA) is 94.6 Å². The maximum atomic E-state index is 12.5.